The Hall–Kier alpha value is -3.62. The highest BCUT2D eigenvalue weighted by Gasteiger charge is 2.17. The second kappa shape index (κ2) is 7.51. The smallest absolute Gasteiger partial charge is 0.132 e. The summed E-state index contributed by atoms with van der Waals surface area (Å²) in [5, 5.41) is 8.50. The van der Waals surface area contributed by atoms with Crippen molar-refractivity contribution in [2.75, 3.05) is 6.54 Å². The van der Waals surface area contributed by atoms with Crippen LogP contribution in [0.5, 0.6) is 0 Å². The van der Waals surface area contributed by atoms with Crippen LogP contribution in [0.3, 0.4) is 0 Å². The first-order chi connectivity index (χ1) is 15.7. The highest BCUT2D eigenvalue weighted by molar-refractivity contribution is 6.30. The van der Waals surface area contributed by atoms with Gasteiger partial charge in [0, 0.05) is 35.4 Å². The fourth-order valence-corrected chi connectivity index (χ4v) is 4.16. The second-order valence-corrected chi connectivity index (χ2v) is 8.07. The first-order valence-corrected chi connectivity index (χ1v) is 10.6. The third-order valence-corrected chi connectivity index (χ3v) is 5.82. The van der Waals surface area contributed by atoms with E-state index in [4.69, 9.17) is 21.7 Å². The second-order valence-electron chi connectivity index (χ2n) is 7.63. The van der Waals surface area contributed by atoms with Gasteiger partial charge in [0.2, 0.25) is 0 Å². The minimum absolute atomic E-state index is 0.319. The summed E-state index contributed by atoms with van der Waals surface area (Å²) in [6, 6.07) is 12.2. The van der Waals surface area contributed by atoms with Gasteiger partial charge in [-0.05, 0) is 42.5 Å². The van der Waals surface area contributed by atoms with E-state index in [0.717, 1.165) is 47.6 Å². The number of fused-ring (bicyclic) bond motifs is 2. The molecule has 5 heterocycles. The number of halogens is 2. The molecule has 4 aromatic heterocycles. The number of aromatic nitrogens is 6. The van der Waals surface area contributed by atoms with E-state index in [1.165, 1.54) is 18.5 Å². The van der Waals surface area contributed by atoms with Gasteiger partial charge in [0.25, 0.3) is 0 Å². The first kappa shape index (κ1) is 19.1. The number of hydrogen-bond acceptors (Lipinski definition) is 5. The largest absolute Gasteiger partial charge is 0.343 e. The summed E-state index contributed by atoms with van der Waals surface area (Å²) in [5.74, 6) is -0.397. The van der Waals surface area contributed by atoms with Crippen molar-refractivity contribution in [3.8, 4) is 33.9 Å². The zero-order valence-corrected chi connectivity index (χ0v) is 17.6. The van der Waals surface area contributed by atoms with Crippen molar-refractivity contribution in [2.24, 2.45) is 0 Å². The zero-order valence-electron chi connectivity index (χ0n) is 16.8. The summed E-state index contributed by atoms with van der Waals surface area (Å²) in [6.07, 6.45) is 3.34. The number of aromatic amines is 1. The van der Waals surface area contributed by atoms with E-state index in [9.17, 15) is 4.39 Å². The number of nitrogens with zero attached hydrogens (tertiary/aromatic N) is 5. The molecule has 0 spiro atoms. The maximum atomic E-state index is 14.5. The molecule has 9 heteroatoms. The molecule has 1 aromatic carbocycles. The molecule has 158 valence electrons. The van der Waals surface area contributed by atoms with Gasteiger partial charge in [-0.2, -0.15) is 5.10 Å². The molecule has 7 nitrogen and oxygen atoms in total. The van der Waals surface area contributed by atoms with Gasteiger partial charge >= 0.3 is 0 Å². The molecule has 0 amide bonds. The van der Waals surface area contributed by atoms with Crippen molar-refractivity contribution in [3.05, 3.63) is 71.5 Å². The molecular weight excluding hydrogens is 429 g/mol. The molecule has 0 saturated heterocycles. The lowest BCUT2D eigenvalue weighted by Gasteiger charge is -2.13. The van der Waals surface area contributed by atoms with Gasteiger partial charge in [-0.3, -0.25) is 9.67 Å². The fraction of sp³-hybridized carbons (Fsp3) is 0.130. The van der Waals surface area contributed by atoms with Crippen LogP contribution in [-0.4, -0.2) is 36.3 Å². The van der Waals surface area contributed by atoms with Crippen molar-refractivity contribution in [1.82, 2.24) is 35.0 Å². The van der Waals surface area contributed by atoms with Gasteiger partial charge in [0.15, 0.2) is 0 Å². The van der Waals surface area contributed by atoms with Crippen LogP contribution in [0.15, 0.2) is 55.0 Å². The van der Waals surface area contributed by atoms with Crippen molar-refractivity contribution in [2.45, 2.75) is 13.1 Å². The standard InChI is InChI=1S/C23H17ClFN7/c24-14-1-2-17(25)16(8-14)22-23(29-12-28-22)19-4-3-18-21(30-19)7-13(10-27-18)20-9-15-11-26-5-6-32(15)31-20/h1-4,7-10,12,26H,5-6,11H2,(H,28,29). The van der Waals surface area contributed by atoms with Crippen molar-refractivity contribution in [1.29, 1.82) is 0 Å². The van der Waals surface area contributed by atoms with Crippen molar-refractivity contribution < 1.29 is 4.39 Å². The number of hydrogen-bond donors (Lipinski definition) is 2. The SMILES string of the molecule is Fc1ccc(Cl)cc1-c1nc[nH]c1-c1ccc2ncc(-c3cc4n(n3)CCNC4)cc2n1. The lowest BCUT2D eigenvalue weighted by molar-refractivity contribution is 0.476. The molecule has 0 radical (unpaired) electrons. The van der Waals surface area contributed by atoms with E-state index in [0.29, 0.717) is 27.7 Å². The van der Waals surface area contributed by atoms with Crippen LogP contribution >= 0.6 is 11.6 Å². The third-order valence-electron chi connectivity index (χ3n) is 5.58. The molecule has 32 heavy (non-hydrogen) atoms. The predicted octanol–water partition coefficient (Wildman–Crippen LogP) is 4.45. The number of imidazole rings is 1. The van der Waals surface area contributed by atoms with Crippen LogP contribution in [0.2, 0.25) is 5.02 Å². The molecule has 1 aliphatic rings. The van der Waals surface area contributed by atoms with Crippen LogP contribution < -0.4 is 5.32 Å². The molecule has 0 bridgehead atoms. The van der Waals surface area contributed by atoms with E-state index >= 15 is 0 Å². The Bertz CT molecular complexity index is 1450. The molecule has 0 unspecified atom stereocenters. The number of pyridine rings is 2. The van der Waals surface area contributed by atoms with Crippen LogP contribution in [0, 0.1) is 5.82 Å². The maximum Gasteiger partial charge on any atom is 0.132 e. The molecule has 2 N–H and O–H groups in total. The normalized spacial score (nSPS) is 13.4. The van der Waals surface area contributed by atoms with Gasteiger partial charge in [-0.25, -0.2) is 14.4 Å². The number of H-pyrrole nitrogens is 1. The highest BCUT2D eigenvalue weighted by atomic mass is 35.5. The Morgan fingerprint density at radius 1 is 1.00 bits per heavy atom. The Morgan fingerprint density at radius 3 is 2.84 bits per heavy atom. The summed E-state index contributed by atoms with van der Waals surface area (Å²) in [5.41, 5.74) is 6.42. The monoisotopic (exact) mass is 445 g/mol. The minimum Gasteiger partial charge on any atom is -0.343 e. The van der Waals surface area contributed by atoms with Crippen molar-refractivity contribution in [3.63, 3.8) is 0 Å². The molecule has 0 fully saturated rings. The number of nitrogens with one attached hydrogen (secondary N) is 2. The van der Waals surface area contributed by atoms with Gasteiger partial charge in [-0.1, -0.05) is 11.6 Å². The zero-order chi connectivity index (χ0) is 21.7. The first-order valence-electron chi connectivity index (χ1n) is 10.2. The molecule has 0 saturated carbocycles. The van der Waals surface area contributed by atoms with Gasteiger partial charge in [-0.15, -0.1) is 0 Å². The number of rotatable bonds is 3. The van der Waals surface area contributed by atoms with E-state index in [1.807, 2.05) is 29.1 Å². The van der Waals surface area contributed by atoms with Gasteiger partial charge < -0.3 is 10.3 Å². The Kier molecular flexibility index (Phi) is 4.48. The third kappa shape index (κ3) is 3.24. The lowest BCUT2D eigenvalue weighted by Crippen LogP contribution is -2.28. The summed E-state index contributed by atoms with van der Waals surface area (Å²) in [4.78, 5) is 16.8. The van der Waals surface area contributed by atoms with Gasteiger partial charge in [0.05, 0.1) is 46.7 Å². The van der Waals surface area contributed by atoms with Crippen LogP contribution in [0.4, 0.5) is 4.39 Å². The van der Waals surface area contributed by atoms with E-state index in [2.05, 4.69) is 26.3 Å². The molecule has 6 rings (SSSR count). The van der Waals surface area contributed by atoms with Gasteiger partial charge in [0.1, 0.15) is 11.5 Å². The maximum absolute atomic E-state index is 14.5. The molecule has 5 aromatic rings. The van der Waals surface area contributed by atoms with E-state index in [-0.39, 0.29) is 0 Å². The van der Waals surface area contributed by atoms with E-state index in [1.54, 1.807) is 6.07 Å². The van der Waals surface area contributed by atoms with Crippen LogP contribution in [-0.2, 0) is 13.1 Å². The minimum atomic E-state index is -0.397. The Labute approximate surface area is 187 Å². The number of benzene rings is 1. The predicted molar refractivity (Wildman–Crippen MR) is 120 cm³/mol. The molecule has 1 aliphatic heterocycles. The summed E-state index contributed by atoms with van der Waals surface area (Å²) >= 11 is 6.08. The van der Waals surface area contributed by atoms with Crippen LogP contribution in [0.1, 0.15) is 5.69 Å². The molecule has 0 atom stereocenters. The molecule has 0 aliphatic carbocycles. The topological polar surface area (TPSA) is 84.3 Å². The van der Waals surface area contributed by atoms with Crippen molar-refractivity contribution >= 4 is 22.6 Å². The summed E-state index contributed by atoms with van der Waals surface area (Å²) < 4.78 is 16.5. The summed E-state index contributed by atoms with van der Waals surface area (Å²) in [6.45, 7) is 2.56. The summed E-state index contributed by atoms with van der Waals surface area (Å²) in [7, 11) is 0. The average molecular weight is 446 g/mol. The molecular formula is C23H17ClFN7. The fourth-order valence-electron chi connectivity index (χ4n) is 3.99. The lowest BCUT2D eigenvalue weighted by atomic mass is 10.1. The van der Waals surface area contributed by atoms with Crippen LogP contribution in [0.25, 0.3) is 44.9 Å². The highest BCUT2D eigenvalue weighted by Crippen LogP contribution is 2.32. The Balaban J connectivity index is 1.43. The van der Waals surface area contributed by atoms with E-state index < -0.39 is 5.82 Å². The average Bonchev–Trinajstić information content (AvgIpc) is 3.47. The quantitative estimate of drug-likeness (QED) is 0.428. The Morgan fingerprint density at radius 2 is 1.94 bits per heavy atom.